The van der Waals surface area contributed by atoms with Crippen LogP contribution >= 0.6 is 11.6 Å². The summed E-state index contributed by atoms with van der Waals surface area (Å²) < 4.78 is 10.5. The average molecular weight is 375 g/mol. The summed E-state index contributed by atoms with van der Waals surface area (Å²) in [7, 11) is 0. The zero-order valence-electron chi connectivity index (χ0n) is 14.3. The van der Waals surface area contributed by atoms with E-state index in [0.29, 0.717) is 30.5 Å². The largest absolute Gasteiger partial charge is 0.481 e. The maximum atomic E-state index is 12.2. The van der Waals surface area contributed by atoms with E-state index in [1.54, 1.807) is 36.1 Å². The summed E-state index contributed by atoms with van der Waals surface area (Å²) in [6.45, 7) is 2.92. The first kappa shape index (κ1) is 18.1. The van der Waals surface area contributed by atoms with Gasteiger partial charge in [-0.1, -0.05) is 29.8 Å². The lowest BCUT2D eigenvalue weighted by Gasteiger charge is -2.16. The van der Waals surface area contributed by atoms with Gasteiger partial charge in [-0.05, 0) is 42.8 Å². The van der Waals surface area contributed by atoms with Crippen molar-refractivity contribution in [3.63, 3.8) is 0 Å². The summed E-state index contributed by atoms with van der Waals surface area (Å²) in [6.07, 6.45) is -1.01. The first-order valence-corrected chi connectivity index (χ1v) is 8.64. The number of hydrogen-bond acceptors (Lipinski definition) is 4. The van der Waals surface area contributed by atoms with Gasteiger partial charge in [-0.3, -0.25) is 9.69 Å². The van der Waals surface area contributed by atoms with Crippen molar-refractivity contribution in [3.8, 4) is 5.75 Å². The molecule has 0 radical (unpaired) electrons. The van der Waals surface area contributed by atoms with E-state index in [1.165, 1.54) is 0 Å². The Morgan fingerprint density at radius 3 is 2.85 bits per heavy atom. The van der Waals surface area contributed by atoms with Gasteiger partial charge in [0.05, 0.1) is 6.54 Å². The van der Waals surface area contributed by atoms with E-state index in [9.17, 15) is 9.59 Å². The molecule has 1 aliphatic rings. The predicted octanol–water partition coefficient (Wildman–Crippen LogP) is 3.38. The number of halogens is 1. The fraction of sp³-hybridized carbons (Fsp3) is 0.263. The lowest BCUT2D eigenvalue weighted by Crippen LogP contribution is -2.36. The van der Waals surface area contributed by atoms with E-state index in [4.69, 9.17) is 21.1 Å². The topological polar surface area (TPSA) is 67.9 Å². The van der Waals surface area contributed by atoms with Crippen LogP contribution in [0.3, 0.4) is 0 Å². The standard InChI is InChI=1S/C19H19ClN2O4/c1-13(26-17-7-3-5-15(20)11-17)18(23)21-12-14-4-2-6-16(10-14)22-8-9-25-19(22)24/h2-7,10-11,13H,8-9,12H2,1H3,(H,21,23). The molecule has 7 heteroatoms. The second-order valence-electron chi connectivity index (χ2n) is 5.87. The Labute approximate surface area is 156 Å². The minimum Gasteiger partial charge on any atom is -0.481 e. The third-order valence-corrected chi connectivity index (χ3v) is 4.16. The predicted molar refractivity (Wildman–Crippen MR) is 98.5 cm³/mol. The average Bonchev–Trinajstić information content (AvgIpc) is 3.06. The van der Waals surface area contributed by atoms with Crippen LogP contribution in [-0.2, 0) is 16.1 Å². The van der Waals surface area contributed by atoms with Crippen molar-refractivity contribution in [3.05, 3.63) is 59.1 Å². The van der Waals surface area contributed by atoms with Crippen LogP contribution in [0, 0.1) is 0 Å². The molecule has 26 heavy (non-hydrogen) atoms. The van der Waals surface area contributed by atoms with E-state index >= 15 is 0 Å². The number of rotatable bonds is 6. The molecule has 0 aromatic heterocycles. The number of benzene rings is 2. The summed E-state index contributed by atoms with van der Waals surface area (Å²) in [5.41, 5.74) is 1.63. The molecule has 2 aromatic carbocycles. The second-order valence-corrected chi connectivity index (χ2v) is 6.31. The van der Waals surface area contributed by atoms with Crippen LogP contribution in [0.4, 0.5) is 10.5 Å². The zero-order valence-corrected chi connectivity index (χ0v) is 15.0. The molecule has 1 heterocycles. The highest BCUT2D eigenvalue weighted by molar-refractivity contribution is 6.30. The molecule has 136 valence electrons. The number of cyclic esters (lactones) is 1. The maximum Gasteiger partial charge on any atom is 0.414 e. The molecule has 0 aliphatic carbocycles. The van der Waals surface area contributed by atoms with Crippen molar-refractivity contribution >= 4 is 29.3 Å². The highest BCUT2D eigenvalue weighted by Crippen LogP contribution is 2.20. The van der Waals surface area contributed by atoms with Gasteiger partial charge in [0.2, 0.25) is 0 Å². The Hall–Kier alpha value is -2.73. The monoisotopic (exact) mass is 374 g/mol. The fourth-order valence-corrected chi connectivity index (χ4v) is 2.77. The van der Waals surface area contributed by atoms with Gasteiger partial charge in [0.1, 0.15) is 12.4 Å². The molecule has 1 atom stereocenters. The molecule has 1 N–H and O–H groups in total. The van der Waals surface area contributed by atoms with Crippen LogP contribution in [0.15, 0.2) is 48.5 Å². The van der Waals surface area contributed by atoms with Gasteiger partial charge in [-0.15, -0.1) is 0 Å². The minimum absolute atomic E-state index is 0.240. The zero-order chi connectivity index (χ0) is 18.5. The number of hydrogen-bond donors (Lipinski definition) is 1. The number of nitrogens with one attached hydrogen (secondary N) is 1. The van der Waals surface area contributed by atoms with Crippen LogP contribution in [0.1, 0.15) is 12.5 Å². The van der Waals surface area contributed by atoms with Gasteiger partial charge in [0, 0.05) is 17.3 Å². The Bertz CT molecular complexity index is 812. The van der Waals surface area contributed by atoms with Crippen molar-refractivity contribution < 1.29 is 19.1 Å². The van der Waals surface area contributed by atoms with Gasteiger partial charge in [-0.25, -0.2) is 4.79 Å². The summed E-state index contributed by atoms with van der Waals surface area (Å²) in [4.78, 5) is 25.5. The number of carbonyl (C=O) groups excluding carboxylic acids is 2. The lowest BCUT2D eigenvalue weighted by molar-refractivity contribution is -0.127. The molecule has 0 spiro atoms. The highest BCUT2D eigenvalue weighted by Gasteiger charge is 2.23. The minimum atomic E-state index is -0.662. The summed E-state index contributed by atoms with van der Waals surface area (Å²) in [5, 5.41) is 3.38. The number of ether oxygens (including phenoxy) is 2. The van der Waals surface area contributed by atoms with Gasteiger partial charge in [-0.2, -0.15) is 0 Å². The Morgan fingerprint density at radius 1 is 1.31 bits per heavy atom. The van der Waals surface area contributed by atoms with Gasteiger partial charge in [0.15, 0.2) is 6.10 Å². The third kappa shape index (κ3) is 4.46. The highest BCUT2D eigenvalue weighted by atomic mass is 35.5. The Balaban J connectivity index is 1.56. The van der Waals surface area contributed by atoms with E-state index < -0.39 is 6.10 Å². The van der Waals surface area contributed by atoms with E-state index in [-0.39, 0.29) is 12.0 Å². The SMILES string of the molecule is CC(Oc1cccc(Cl)c1)C(=O)NCc1cccc(N2CCOC2=O)c1. The molecule has 2 amide bonds. The van der Waals surface area contributed by atoms with Crippen molar-refractivity contribution in [1.29, 1.82) is 0 Å². The van der Waals surface area contributed by atoms with Crippen LogP contribution in [0.5, 0.6) is 5.75 Å². The number of amides is 2. The molecule has 0 saturated carbocycles. The van der Waals surface area contributed by atoms with Crippen molar-refractivity contribution in [2.75, 3.05) is 18.1 Å². The van der Waals surface area contributed by atoms with E-state index in [2.05, 4.69) is 5.32 Å². The lowest BCUT2D eigenvalue weighted by atomic mass is 10.2. The maximum absolute atomic E-state index is 12.2. The number of anilines is 1. The Kier molecular flexibility index (Phi) is 5.63. The van der Waals surface area contributed by atoms with E-state index in [1.807, 2.05) is 24.3 Å². The van der Waals surface area contributed by atoms with Crippen LogP contribution < -0.4 is 15.0 Å². The van der Waals surface area contributed by atoms with Crippen LogP contribution in [0.25, 0.3) is 0 Å². The normalized spacial score (nSPS) is 14.7. The molecule has 1 fully saturated rings. The van der Waals surface area contributed by atoms with E-state index in [0.717, 1.165) is 11.3 Å². The molecule has 0 bridgehead atoms. The molecule has 2 aromatic rings. The van der Waals surface area contributed by atoms with Gasteiger partial charge < -0.3 is 14.8 Å². The quantitative estimate of drug-likeness (QED) is 0.841. The number of carbonyl (C=O) groups is 2. The molecule has 3 rings (SSSR count). The molecule has 1 aliphatic heterocycles. The second kappa shape index (κ2) is 8.10. The van der Waals surface area contributed by atoms with Crippen LogP contribution in [-0.4, -0.2) is 31.3 Å². The molecule has 6 nitrogen and oxygen atoms in total. The Morgan fingerprint density at radius 2 is 2.12 bits per heavy atom. The fourth-order valence-electron chi connectivity index (χ4n) is 2.59. The third-order valence-electron chi connectivity index (χ3n) is 3.93. The molecular weight excluding hydrogens is 356 g/mol. The summed E-state index contributed by atoms with van der Waals surface area (Å²) in [6, 6.07) is 14.3. The summed E-state index contributed by atoms with van der Waals surface area (Å²) >= 11 is 5.91. The first-order valence-electron chi connectivity index (χ1n) is 8.26. The van der Waals surface area contributed by atoms with Crippen molar-refractivity contribution in [2.24, 2.45) is 0 Å². The number of nitrogens with zero attached hydrogens (tertiary/aromatic N) is 1. The first-order chi connectivity index (χ1) is 12.5. The van der Waals surface area contributed by atoms with Gasteiger partial charge in [0.25, 0.3) is 5.91 Å². The smallest absolute Gasteiger partial charge is 0.414 e. The molecule has 1 saturated heterocycles. The summed E-state index contributed by atoms with van der Waals surface area (Å²) in [5.74, 6) is 0.297. The van der Waals surface area contributed by atoms with Crippen molar-refractivity contribution in [1.82, 2.24) is 5.32 Å². The van der Waals surface area contributed by atoms with Gasteiger partial charge >= 0.3 is 6.09 Å². The van der Waals surface area contributed by atoms with Crippen LogP contribution in [0.2, 0.25) is 5.02 Å². The van der Waals surface area contributed by atoms with Crippen molar-refractivity contribution in [2.45, 2.75) is 19.6 Å². The molecule has 1 unspecified atom stereocenters. The molecular formula is C19H19ClN2O4.